The predicted octanol–water partition coefficient (Wildman–Crippen LogP) is 4.96. The Hall–Kier alpha value is -3.12. The fraction of sp³-hybridized carbons (Fsp3) is 0.143. The molecular weight excluding hydrogens is 360 g/mol. The van der Waals surface area contributed by atoms with Crippen molar-refractivity contribution in [3.8, 4) is 5.75 Å². The summed E-state index contributed by atoms with van der Waals surface area (Å²) in [6.45, 7) is 4.25. The summed E-state index contributed by atoms with van der Waals surface area (Å²) in [5.74, 6) is 0.165. The number of carbonyl (C=O) groups is 2. The largest absolute Gasteiger partial charge is 0.493 e. The van der Waals surface area contributed by atoms with E-state index in [-0.39, 0.29) is 11.8 Å². The molecule has 0 aliphatic rings. The molecule has 138 valence electrons. The van der Waals surface area contributed by atoms with E-state index in [9.17, 15) is 9.59 Å². The molecular formula is C21H20N2O3S. The van der Waals surface area contributed by atoms with E-state index < -0.39 is 0 Å². The molecule has 2 amide bonds. The Morgan fingerprint density at radius 1 is 1.00 bits per heavy atom. The lowest BCUT2D eigenvalue weighted by molar-refractivity contribution is 0.101. The Labute approximate surface area is 162 Å². The second-order valence-corrected chi connectivity index (χ2v) is 6.79. The van der Waals surface area contributed by atoms with Crippen LogP contribution in [0.4, 0.5) is 11.4 Å². The maximum Gasteiger partial charge on any atom is 0.265 e. The topological polar surface area (TPSA) is 67.4 Å². The number of ether oxygens (including phenoxy) is 1. The lowest BCUT2D eigenvalue weighted by Crippen LogP contribution is -2.14. The Morgan fingerprint density at radius 3 is 2.52 bits per heavy atom. The molecule has 0 saturated heterocycles. The molecule has 1 heterocycles. The summed E-state index contributed by atoms with van der Waals surface area (Å²) >= 11 is 1.39. The number of carbonyl (C=O) groups excluding carboxylic acids is 2. The van der Waals surface area contributed by atoms with Crippen molar-refractivity contribution in [2.75, 3.05) is 17.2 Å². The molecule has 0 radical (unpaired) electrons. The Balaban J connectivity index is 1.72. The number of amides is 2. The monoisotopic (exact) mass is 380 g/mol. The number of rotatable bonds is 6. The third-order valence-corrected chi connectivity index (χ3v) is 4.78. The molecule has 0 fully saturated rings. The molecule has 0 saturated carbocycles. The van der Waals surface area contributed by atoms with E-state index in [1.54, 1.807) is 36.4 Å². The van der Waals surface area contributed by atoms with Crippen molar-refractivity contribution in [2.45, 2.75) is 13.8 Å². The summed E-state index contributed by atoms with van der Waals surface area (Å²) in [7, 11) is 0. The van der Waals surface area contributed by atoms with Crippen LogP contribution in [0.3, 0.4) is 0 Å². The molecule has 0 unspecified atom stereocenters. The van der Waals surface area contributed by atoms with Gasteiger partial charge < -0.3 is 15.4 Å². The minimum atomic E-state index is -0.242. The number of thiophene rings is 1. The normalized spacial score (nSPS) is 10.3. The molecule has 6 heteroatoms. The highest BCUT2D eigenvalue weighted by Crippen LogP contribution is 2.23. The van der Waals surface area contributed by atoms with Gasteiger partial charge in [0.1, 0.15) is 5.75 Å². The van der Waals surface area contributed by atoms with E-state index >= 15 is 0 Å². The minimum Gasteiger partial charge on any atom is -0.493 e. The van der Waals surface area contributed by atoms with Gasteiger partial charge in [0.15, 0.2) is 0 Å². The molecule has 3 aromatic rings. The standard InChI is InChI=1S/C21H20N2O3S/c1-3-26-18-8-5-4-7-16(18)20(24)22-15-10-11-17(14(2)13-15)23-21(25)19-9-6-12-27-19/h4-13H,3H2,1-2H3,(H,22,24)(H,23,25). The zero-order valence-corrected chi connectivity index (χ0v) is 15.9. The van der Waals surface area contributed by atoms with Crippen LogP contribution in [0.15, 0.2) is 60.0 Å². The number of aryl methyl sites for hydroxylation is 1. The van der Waals surface area contributed by atoms with Crippen molar-refractivity contribution < 1.29 is 14.3 Å². The summed E-state index contributed by atoms with van der Waals surface area (Å²) in [5, 5.41) is 7.63. The zero-order chi connectivity index (χ0) is 19.2. The fourth-order valence-corrected chi connectivity index (χ4v) is 3.23. The zero-order valence-electron chi connectivity index (χ0n) is 15.1. The van der Waals surface area contributed by atoms with E-state index in [0.717, 1.165) is 5.56 Å². The molecule has 0 bridgehead atoms. The van der Waals surface area contributed by atoms with Crippen LogP contribution in [0.1, 0.15) is 32.5 Å². The Morgan fingerprint density at radius 2 is 1.81 bits per heavy atom. The van der Waals surface area contributed by atoms with Gasteiger partial charge in [-0.2, -0.15) is 0 Å². The summed E-state index contributed by atoms with van der Waals surface area (Å²) in [5.41, 5.74) is 2.70. The van der Waals surface area contributed by atoms with Crippen LogP contribution in [0.25, 0.3) is 0 Å². The quantitative estimate of drug-likeness (QED) is 0.635. The maximum atomic E-state index is 12.6. The SMILES string of the molecule is CCOc1ccccc1C(=O)Nc1ccc(NC(=O)c2cccs2)c(C)c1. The first kappa shape index (κ1) is 18.7. The number of anilines is 2. The van der Waals surface area contributed by atoms with Gasteiger partial charge in [0.05, 0.1) is 17.0 Å². The van der Waals surface area contributed by atoms with Crippen LogP contribution in [-0.4, -0.2) is 18.4 Å². The van der Waals surface area contributed by atoms with Crippen molar-refractivity contribution >= 4 is 34.5 Å². The highest BCUT2D eigenvalue weighted by molar-refractivity contribution is 7.12. The molecule has 0 spiro atoms. The van der Waals surface area contributed by atoms with Gasteiger partial charge in [0.25, 0.3) is 11.8 Å². The van der Waals surface area contributed by atoms with Gasteiger partial charge in [-0.15, -0.1) is 11.3 Å². The number of hydrogen-bond acceptors (Lipinski definition) is 4. The third-order valence-electron chi connectivity index (χ3n) is 3.91. The molecule has 5 nitrogen and oxygen atoms in total. The lowest BCUT2D eigenvalue weighted by Gasteiger charge is -2.12. The molecule has 2 N–H and O–H groups in total. The second-order valence-electron chi connectivity index (χ2n) is 5.84. The Kier molecular flexibility index (Phi) is 5.88. The van der Waals surface area contributed by atoms with E-state index in [1.165, 1.54) is 11.3 Å². The van der Waals surface area contributed by atoms with E-state index in [1.807, 2.05) is 37.4 Å². The van der Waals surface area contributed by atoms with E-state index in [2.05, 4.69) is 10.6 Å². The van der Waals surface area contributed by atoms with Crippen LogP contribution < -0.4 is 15.4 Å². The third kappa shape index (κ3) is 4.54. The highest BCUT2D eigenvalue weighted by atomic mass is 32.1. The van der Waals surface area contributed by atoms with Crippen molar-refractivity contribution in [3.05, 3.63) is 76.0 Å². The molecule has 3 rings (SSSR count). The van der Waals surface area contributed by atoms with Gasteiger partial charge in [0, 0.05) is 11.4 Å². The average molecular weight is 380 g/mol. The molecule has 0 aliphatic heterocycles. The number of nitrogens with one attached hydrogen (secondary N) is 2. The number of hydrogen-bond donors (Lipinski definition) is 2. The van der Waals surface area contributed by atoms with Gasteiger partial charge in [-0.3, -0.25) is 9.59 Å². The van der Waals surface area contributed by atoms with Crippen LogP contribution in [0, 0.1) is 6.92 Å². The Bertz CT molecular complexity index is 952. The van der Waals surface area contributed by atoms with Gasteiger partial charge in [0.2, 0.25) is 0 Å². The molecule has 1 aromatic heterocycles. The van der Waals surface area contributed by atoms with Crippen molar-refractivity contribution in [2.24, 2.45) is 0 Å². The van der Waals surface area contributed by atoms with Crippen LogP contribution >= 0.6 is 11.3 Å². The van der Waals surface area contributed by atoms with Crippen LogP contribution in [0.5, 0.6) is 5.75 Å². The molecule has 27 heavy (non-hydrogen) atoms. The summed E-state index contributed by atoms with van der Waals surface area (Å²) in [6.07, 6.45) is 0. The van der Waals surface area contributed by atoms with Gasteiger partial charge in [-0.1, -0.05) is 18.2 Å². The first-order chi connectivity index (χ1) is 13.1. The smallest absolute Gasteiger partial charge is 0.265 e. The van der Waals surface area contributed by atoms with Crippen LogP contribution in [0.2, 0.25) is 0 Å². The maximum absolute atomic E-state index is 12.6. The minimum absolute atomic E-state index is 0.143. The molecule has 0 atom stereocenters. The first-order valence-corrected chi connectivity index (χ1v) is 9.45. The van der Waals surface area contributed by atoms with Crippen molar-refractivity contribution in [3.63, 3.8) is 0 Å². The van der Waals surface area contributed by atoms with Gasteiger partial charge >= 0.3 is 0 Å². The van der Waals surface area contributed by atoms with Crippen LogP contribution in [-0.2, 0) is 0 Å². The molecule has 0 aliphatic carbocycles. The average Bonchev–Trinajstić information content (AvgIpc) is 3.19. The van der Waals surface area contributed by atoms with Gasteiger partial charge in [-0.05, 0) is 61.2 Å². The molecule has 2 aromatic carbocycles. The van der Waals surface area contributed by atoms with Crippen molar-refractivity contribution in [1.29, 1.82) is 0 Å². The predicted molar refractivity (Wildman–Crippen MR) is 109 cm³/mol. The summed E-state index contributed by atoms with van der Waals surface area (Å²) in [6, 6.07) is 16.1. The summed E-state index contributed by atoms with van der Waals surface area (Å²) < 4.78 is 5.51. The van der Waals surface area contributed by atoms with E-state index in [4.69, 9.17) is 4.74 Å². The first-order valence-electron chi connectivity index (χ1n) is 8.57. The van der Waals surface area contributed by atoms with Gasteiger partial charge in [-0.25, -0.2) is 0 Å². The van der Waals surface area contributed by atoms with Crippen molar-refractivity contribution in [1.82, 2.24) is 0 Å². The lowest BCUT2D eigenvalue weighted by atomic mass is 10.1. The number of benzene rings is 2. The number of para-hydroxylation sites is 1. The second kappa shape index (κ2) is 8.51. The highest BCUT2D eigenvalue weighted by Gasteiger charge is 2.13. The fourth-order valence-electron chi connectivity index (χ4n) is 2.61. The van der Waals surface area contributed by atoms with E-state index in [0.29, 0.717) is 34.2 Å². The summed E-state index contributed by atoms with van der Waals surface area (Å²) in [4.78, 5) is 25.4.